The molecular formula is C14H19N3O2. The predicted octanol–water partition coefficient (Wildman–Crippen LogP) is 1.56. The van der Waals surface area contributed by atoms with E-state index in [1.807, 2.05) is 6.92 Å². The zero-order chi connectivity index (χ0) is 13.2. The number of rotatable bonds is 4. The molecule has 3 heterocycles. The molecule has 3 unspecified atom stereocenters. The van der Waals surface area contributed by atoms with Crippen molar-refractivity contribution in [1.29, 1.82) is 0 Å². The summed E-state index contributed by atoms with van der Waals surface area (Å²) < 4.78 is 5.76. The molecule has 5 heteroatoms. The van der Waals surface area contributed by atoms with Crippen LogP contribution in [0, 0.1) is 0 Å². The van der Waals surface area contributed by atoms with Crippen molar-refractivity contribution in [3.05, 3.63) is 24.0 Å². The van der Waals surface area contributed by atoms with Crippen molar-refractivity contribution in [2.75, 3.05) is 11.9 Å². The Hall–Kier alpha value is -1.62. The van der Waals surface area contributed by atoms with Crippen molar-refractivity contribution < 1.29 is 9.53 Å². The Labute approximate surface area is 112 Å². The number of fused-ring (bicyclic) bond motifs is 2. The summed E-state index contributed by atoms with van der Waals surface area (Å²) in [6.45, 7) is 2.77. The molecule has 1 aromatic heterocycles. The van der Waals surface area contributed by atoms with Crippen molar-refractivity contribution in [2.45, 2.75) is 44.4 Å². The van der Waals surface area contributed by atoms with Crippen LogP contribution < -0.4 is 10.6 Å². The molecule has 2 aliphatic heterocycles. The average Bonchev–Trinajstić information content (AvgIpc) is 3.02. The summed E-state index contributed by atoms with van der Waals surface area (Å²) >= 11 is 0. The normalized spacial score (nSPS) is 28.4. The minimum atomic E-state index is -0.0421. The third-order valence-corrected chi connectivity index (χ3v) is 3.86. The highest BCUT2D eigenvalue weighted by Crippen LogP contribution is 2.34. The molecule has 0 radical (unpaired) electrons. The van der Waals surface area contributed by atoms with Crippen LogP contribution >= 0.6 is 0 Å². The topological polar surface area (TPSA) is 63.2 Å². The van der Waals surface area contributed by atoms with E-state index in [-0.39, 0.29) is 18.1 Å². The molecule has 2 N–H and O–H groups in total. The van der Waals surface area contributed by atoms with E-state index in [1.165, 1.54) is 0 Å². The monoisotopic (exact) mass is 261 g/mol. The molecule has 2 bridgehead atoms. The maximum Gasteiger partial charge on any atom is 0.253 e. The lowest BCUT2D eigenvalue weighted by Gasteiger charge is -2.20. The molecule has 0 aromatic carbocycles. The summed E-state index contributed by atoms with van der Waals surface area (Å²) in [4.78, 5) is 16.4. The number of pyridine rings is 1. The maximum absolute atomic E-state index is 12.3. The van der Waals surface area contributed by atoms with Gasteiger partial charge in [-0.1, -0.05) is 0 Å². The Morgan fingerprint density at radius 3 is 3.11 bits per heavy atom. The summed E-state index contributed by atoms with van der Waals surface area (Å²) in [5, 5.41) is 6.25. The van der Waals surface area contributed by atoms with Crippen LogP contribution in [0.1, 0.15) is 36.5 Å². The number of nitrogens with zero attached hydrogens (tertiary/aromatic N) is 1. The highest BCUT2D eigenvalue weighted by atomic mass is 16.5. The number of hydrogen-bond acceptors (Lipinski definition) is 4. The Balaban J connectivity index is 1.70. The van der Waals surface area contributed by atoms with Crippen molar-refractivity contribution in [1.82, 2.24) is 10.3 Å². The molecule has 1 amide bonds. The lowest BCUT2D eigenvalue weighted by molar-refractivity contribution is 0.0841. The smallest absolute Gasteiger partial charge is 0.253 e. The second kappa shape index (κ2) is 5.17. The molecule has 3 atom stereocenters. The number of amides is 1. The largest absolute Gasteiger partial charge is 0.383 e. The standard InChI is InChI=1S/C14H19N3O2/c1-2-16-12-8-15-6-5-10(12)14(18)17-11-7-9-3-4-13(11)19-9/h5-6,8-9,11,13,16H,2-4,7H2,1H3,(H,17,18). The number of aromatic nitrogens is 1. The number of carbonyl (C=O) groups excluding carboxylic acids is 1. The van der Waals surface area contributed by atoms with Gasteiger partial charge in [0.25, 0.3) is 5.91 Å². The molecular weight excluding hydrogens is 242 g/mol. The Bertz CT molecular complexity index is 478. The molecule has 3 rings (SSSR count). The van der Waals surface area contributed by atoms with Gasteiger partial charge in [0.2, 0.25) is 0 Å². The van der Waals surface area contributed by atoms with Crippen molar-refractivity contribution in [3.8, 4) is 0 Å². The number of anilines is 1. The van der Waals surface area contributed by atoms with Crippen LogP contribution in [0.25, 0.3) is 0 Å². The van der Waals surface area contributed by atoms with Gasteiger partial charge in [-0.15, -0.1) is 0 Å². The zero-order valence-corrected chi connectivity index (χ0v) is 11.1. The molecule has 0 aliphatic carbocycles. The Morgan fingerprint density at radius 1 is 1.53 bits per heavy atom. The van der Waals surface area contributed by atoms with Crippen LogP contribution in [0.2, 0.25) is 0 Å². The van der Waals surface area contributed by atoms with Gasteiger partial charge < -0.3 is 15.4 Å². The lowest BCUT2D eigenvalue weighted by atomic mass is 9.95. The van der Waals surface area contributed by atoms with E-state index in [9.17, 15) is 4.79 Å². The summed E-state index contributed by atoms with van der Waals surface area (Å²) in [6.07, 6.45) is 7.03. The van der Waals surface area contributed by atoms with Gasteiger partial charge in [0.1, 0.15) is 0 Å². The summed E-state index contributed by atoms with van der Waals surface area (Å²) in [6, 6.07) is 1.91. The lowest BCUT2D eigenvalue weighted by Crippen LogP contribution is -2.41. The second-order valence-corrected chi connectivity index (χ2v) is 5.14. The first-order valence-corrected chi connectivity index (χ1v) is 6.92. The maximum atomic E-state index is 12.3. The SMILES string of the molecule is CCNc1cnccc1C(=O)NC1CC2CCC1O2. The third-order valence-electron chi connectivity index (χ3n) is 3.86. The quantitative estimate of drug-likeness (QED) is 0.863. The summed E-state index contributed by atoms with van der Waals surface area (Å²) in [5.74, 6) is -0.0421. The van der Waals surface area contributed by atoms with Gasteiger partial charge in [-0.05, 0) is 32.3 Å². The minimum absolute atomic E-state index is 0.0421. The summed E-state index contributed by atoms with van der Waals surface area (Å²) in [5.41, 5.74) is 1.44. The van der Waals surface area contributed by atoms with Crippen LogP contribution in [-0.4, -0.2) is 35.7 Å². The minimum Gasteiger partial charge on any atom is -0.383 e. The van der Waals surface area contributed by atoms with Gasteiger partial charge in [-0.25, -0.2) is 0 Å². The van der Waals surface area contributed by atoms with E-state index in [2.05, 4.69) is 15.6 Å². The second-order valence-electron chi connectivity index (χ2n) is 5.14. The van der Waals surface area contributed by atoms with Crippen LogP contribution in [0.4, 0.5) is 5.69 Å². The highest BCUT2D eigenvalue weighted by Gasteiger charge is 2.41. The van der Waals surface area contributed by atoms with Gasteiger partial charge in [-0.2, -0.15) is 0 Å². The molecule has 1 aromatic rings. The first kappa shape index (κ1) is 12.4. The van der Waals surface area contributed by atoms with E-state index in [1.54, 1.807) is 18.5 Å². The predicted molar refractivity (Wildman–Crippen MR) is 72.2 cm³/mol. The summed E-state index contributed by atoms with van der Waals surface area (Å²) in [7, 11) is 0. The molecule has 0 spiro atoms. The van der Waals surface area contributed by atoms with Crippen LogP contribution in [0.15, 0.2) is 18.5 Å². The Kier molecular flexibility index (Phi) is 3.38. The molecule has 0 saturated carbocycles. The highest BCUT2D eigenvalue weighted by molar-refractivity contribution is 5.99. The Morgan fingerprint density at radius 2 is 2.42 bits per heavy atom. The number of hydrogen-bond donors (Lipinski definition) is 2. The van der Waals surface area contributed by atoms with Gasteiger partial charge in [-0.3, -0.25) is 9.78 Å². The van der Waals surface area contributed by atoms with Gasteiger partial charge in [0, 0.05) is 12.7 Å². The van der Waals surface area contributed by atoms with Gasteiger partial charge in [0.15, 0.2) is 0 Å². The van der Waals surface area contributed by atoms with Crippen molar-refractivity contribution >= 4 is 11.6 Å². The van der Waals surface area contributed by atoms with Crippen molar-refractivity contribution in [2.24, 2.45) is 0 Å². The molecule has 2 aliphatic rings. The van der Waals surface area contributed by atoms with E-state index in [0.717, 1.165) is 31.5 Å². The van der Waals surface area contributed by atoms with Gasteiger partial charge in [0.05, 0.1) is 35.7 Å². The zero-order valence-electron chi connectivity index (χ0n) is 11.1. The van der Waals surface area contributed by atoms with Crippen molar-refractivity contribution in [3.63, 3.8) is 0 Å². The van der Waals surface area contributed by atoms with Gasteiger partial charge >= 0.3 is 0 Å². The third kappa shape index (κ3) is 2.42. The fraction of sp³-hybridized carbons (Fsp3) is 0.571. The fourth-order valence-corrected chi connectivity index (χ4v) is 2.96. The molecule has 102 valence electrons. The average molecular weight is 261 g/mol. The molecule has 2 saturated heterocycles. The number of nitrogens with one attached hydrogen (secondary N) is 2. The van der Waals surface area contributed by atoms with E-state index in [4.69, 9.17) is 4.74 Å². The molecule has 5 nitrogen and oxygen atoms in total. The van der Waals surface area contributed by atoms with E-state index < -0.39 is 0 Å². The van der Waals surface area contributed by atoms with Crippen LogP contribution in [0.5, 0.6) is 0 Å². The molecule has 19 heavy (non-hydrogen) atoms. The molecule has 2 fully saturated rings. The van der Waals surface area contributed by atoms with Crippen LogP contribution in [0.3, 0.4) is 0 Å². The first-order chi connectivity index (χ1) is 9.28. The van der Waals surface area contributed by atoms with Crippen LogP contribution in [-0.2, 0) is 4.74 Å². The first-order valence-electron chi connectivity index (χ1n) is 6.92. The number of carbonyl (C=O) groups is 1. The number of ether oxygens (including phenoxy) is 1. The van der Waals surface area contributed by atoms with E-state index >= 15 is 0 Å². The fourth-order valence-electron chi connectivity index (χ4n) is 2.96. The van der Waals surface area contributed by atoms with E-state index in [0.29, 0.717) is 11.7 Å².